The van der Waals surface area contributed by atoms with Gasteiger partial charge in [-0.05, 0) is 104 Å². The number of hydrogen-bond acceptors (Lipinski definition) is 0. The van der Waals surface area contributed by atoms with Gasteiger partial charge in [-0.1, -0.05) is 190 Å². The topological polar surface area (TPSA) is 0 Å². The van der Waals surface area contributed by atoms with Crippen LogP contribution in [-0.2, 0) is 0 Å². The van der Waals surface area contributed by atoms with Crippen LogP contribution >= 0.6 is 23.8 Å². The molecule has 5 heteroatoms. The van der Waals surface area contributed by atoms with Crippen LogP contribution in [-0.4, -0.2) is 22.6 Å². The van der Waals surface area contributed by atoms with Crippen LogP contribution in [0.3, 0.4) is 0 Å². The Labute approximate surface area is 334 Å². The zero-order valence-corrected chi connectivity index (χ0v) is 35.6. The van der Waals surface area contributed by atoms with Crippen molar-refractivity contribution in [1.82, 2.24) is 0 Å². The molecular weight excluding hydrogens is 731 g/mol. The molecule has 0 aromatic heterocycles. The average Bonchev–Trinajstić information content (AvgIpc) is 3.26. The van der Waals surface area contributed by atoms with Crippen LogP contribution < -0.4 is 26.5 Å². The van der Waals surface area contributed by atoms with Crippen molar-refractivity contribution < 1.29 is 8.78 Å². The maximum Gasteiger partial charge on any atom is 0.140 e. The van der Waals surface area contributed by atoms with Crippen molar-refractivity contribution in [3.8, 4) is 0 Å². The summed E-state index contributed by atoms with van der Waals surface area (Å²) in [5, 5.41) is 4.59. The molecule has 0 N–H and O–H groups in total. The summed E-state index contributed by atoms with van der Waals surface area (Å²) in [4.78, 5) is 0. The molecule has 0 heterocycles. The maximum absolute atomic E-state index is 19.6. The second kappa shape index (κ2) is 19.0. The Kier molecular flexibility index (Phi) is 13.7. The molecule has 0 aliphatic heterocycles. The standard InChI is InChI=1S/C50H61F2P3/c1-37(38-23-9-2-10-24-38)45-46(51)49(54(41-29-15-5-16-30-41)42-31-17-6-18-32-42)50(55(43-33-19-7-20-34-43)44-35-21-8-22-36-44)47(52)48(45)53(39-25-11-3-12-26-39)40-27-13-4-14-28-40/h2,7-10,19-24,33-36,39-42H,1,3-6,11-18,25-32H2. The molecule has 4 saturated carbocycles. The van der Waals surface area contributed by atoms with Crippen molar-refractivity contribution in [1.29, 1.82) is 0 Å². The number of halogens is 2. The predicted molar refractivity (Wildman–Crippen MR) is 240 cm³/mol. The van der Waals surface area contributed by atoms with Crippen molar-refractivity contribution in [3.05, 3.63) is 120 Å². The third kappa shape index (κ3) is 8.65. The van der Waals surface area contributed by atoms with Gasteiger partial charge in [-0.25, -0.2) is 8.78 Å². The molecule has 0 nitrogen and oxygen atoms in total. The average molecular weight is 793 g/mol. The van der Waals surface area contributed by atoms with Gasteiger partial charge < -0.3 is 0 Å². The summed E-state index contributed by atoms with van der Waals surface area (Å²) in [5.74, 6) is -0.121. The summed E-state index contributed by atoms with van der Waals surface area (Å²) in [6.07, 6.45) is 23.8. The highest BCUT2D eigenvalue weighted by molar-refractivity contribution is 7.82. The zero-order chi connectivity index (χ0) is 37.6. The van der Waals surface area contributed by atoms with E-state index < -0.39 is 23.8 Å². The quantitative estimate of drug-likeness (QED) is 0.133. The summed E-state index contributed by atoms with van der Waals surface area (Å²) >= 11 is 0. The van der Waals surface area contributed by atoms with E-state index in [0.717, 1.165) is 83.5 Å². The van der Waals surface area contributed by atoms with Gasteiger partial charge in [-0.3, -0.25) is 0 Å². The van der Waals surface area contributed by atoms with E-state index in [4.69, 9.17) is 6.58 Å². The smallest absolute Gasteiger partial charge is 0.140 e. The summed E-state index contributed by atoms with van der Waals surface area (Å²) in [7, 11) is -3.29. The number of rotatable bonds is 11. The molecule has 0 amide bonds. The Bertz CT molecular complexity index is 1760. The molecule has 0 atom stereocenters. The van der Waals surface area contributed by atoms with Gasteiger partial charge in [-0.2, -0.15) is 0 Å². The number of hydrogen-bond donors (Lipinski definition) is 0. The fourth-order valence-electron chi connectivity index (χ4n) is 10.7. The van der Waals surface area contributed by atoms with Crippen molar-refractivity contribution in [3.63, 3.8) is 0 Å². The lowest BCUT2D eigenvalue weighted by Crippen LogP contribution is -2.45. The molecule has 4 fully saturated rings. The second-order valence-corrected chi connectivity index (χ2v) is 24.5. The van der Waals surface area contributed by atoms with Crippen LogP contribution in [0.4, 0.5) is 8.78 Å². The highest BCUT2D eigenvalue weighted by Gasteiger charge is 2.44. The molecule has 0 saturated heterocycles. The Morgan fingerprint density at radius 3 is 1.15 bits per heavy atom. The predicted octanol–water partition coefficient (Wildman–Crippen LogP) is 13.3. The van der Waals surface area contributed by atoms with E-state index >= 15 is 8.78 Å². The lowest BCUT2D eigenvalue weighted by atomic mass is 9.98. The highest BCUT2D eigenvalue weighted by Crippen LogP contribution is 2.60. The normalized spacial score (nSPS) is 19.7. The summed E-state index contributed by atoms with van der Waals surface area (Å²) in [6.45, 7) is 4.76. The van der Waals surface area contributed by atoms with Crippen molar-refractivity contribution >= 4 is 55.9 Å². The molecule has 4 aliphatic carbocycles. The minimum Gasteiger partial charge on any atom is -0.206 e. The molecule has 4 aromatic rings. The van der Waals surface area contributed by atoms with E-state index in [1.807, 2.05) is 18.2 Å². The molecule has 8 rings (SSSR count). The van der Waals surface area contributed by atoms with Crippen LogP contribution in [0.25, 0.3) is 5.57 Å². The van der Waals surface area contributed by atoms with Crippen LogP contribution in [0.2, 0.25) is 0 Å². The molecular formula is C50H61F2P3. The first-order chi connectivity index (χ1) is 27.1. The van der Waals surface area contributed by atoms with Crippen molar-refractivity contribution in [2.45, 2.75) is 151 Å². The lowest BCUT2D eigenvalue weighted by Gasteiger charge is -2.43. The van der Waals surface area contributed by atoms with E-state index in [1.54, 1.807) is 0 Å². The minimum atomic E-state index is -1.36. The van der Waals surface area contributed by atoms with Crippen molar-refractivity contribution in [2.75, 3.05) is 0 Å². The summed E-state index contributed by atoms with van der Waals surface area (Å²) in [5.41, 5.74) is 3.93. The van der Waals surface area contributed by atoms with Crippen molar-refractivity contribution in [2.24, 2.45) is 0 Å². The Morgan fingerprint density at radius 2 is 0.764 bits per heavy atom. The van der Waals surface area contributed by atoms with Gasteiger partial charge in [-0.15, -0.1) is 0 Å². The van der Waals surface area contributed by atoms with Gasteiger partial charge in [0, 0.05) is 21.5 Å². The van der Waals surface area contributed by atoms with Gasteiger partial charge >= 0.3 is 0 Å². The van der Waals surface area contributed by atoms with Gasteiger partial charge in [0.1, 0.15) is 11.6 Å². The SMILES string of the molecule is C=C(c1ccccc1)c1c(F)c(P(C2CCCCC2)C2CCCCC2)c(P(c2ccccc2)c2ccccc2)c(F)c1P(C1CCCCC1)C1CCCCC1. The molecule has 0 unspecified atom stereocenters. The van der Waals surface area contributed by atoms with Crippen LogP contribution in [0.5, 0.6) is 0 Å². The largest absolute Gasteiger partial charge is 0.206 e. The van der Waals surface area contributed by atoms with Gasteiger partial charge in [0.05, 0.1) is 0 Å². The minimum absolute atomic E-state index is 0.0383. The van der Waals surface area contributed by atoms with Crippen LogP contribution in [0.1, 0.15) is 140 Å². The first-order valence-corrected chi connectivity index (χ1v) is 26.2. The van der Waals surface area contributed by atoms with E-state index in [2.05, 4.69) is 72.8 Å². The van der Waals surface area contributed by atoms with E-state index in [9.17, 15) is 0 Å². The van der Waals surface area contributed by atoms with Gasteiger partial charge in [0.2, 0.25) is 0 Å². The molecule has 0 bridgehead atoms. The third-order valence-electron chi connectivity index (χ3n) is 13.4. The highest BCUT2D eigenvalue weighted by atomic mass is 31.1. The number of benzene rings is 4. The monoisotopic (exact) mass is 792 g/mol. The molecule has 0 spiro atoms. The Balaban J connectivity index is 1.49. The Morgan fingerprint density at radius 1 is 0.418 bits per heavy atom. The summed E-state index contributed by atoms with van der Waals surface area (Å²) < 4.78 is 38.9. The summed E-state index contributed by atoms with van der Waals surface area (Å²) in [6, 6.07) is 31.6. The zero-order valence-electron chi connectivity index (χ0n) is 32.9. The first-order valence-electron chi connectivity index (χ1n) is 21.9. The molecule has 55 heavy (non-hydrogen) atoms. The molecule has 4 aromatic carbocycles. The molecule has 4 aliphatic rings. The fourth-order valence-corrected chi connectivity index (χ4v) is 21.7. The molecule has 0 radical (unpaired) electrons. The van der Waals surface area contributed by atoms with Crippen LogP contribution in [0.15, 0.2) is 97.6 Å². The third-order valence-corrected chi connectivity index (χ3v) is 23.1. The van der Waals surface area contributed by atoms with Gasteiger partial charge in [0.25, 0.3) is 0 Å². The van der Waals surface area contributed by atoms with E-state index in [0.29, 0.717) is 33.8 Å². The second-order valence-electron chi connectivity index (χ2n) is 16.9. The maximum atomic E-state index is 19.6. The fraction of sp³-hybridized carbons (Fsp3) is 0.480. The van der Waals surface area contributed by atoms with E-state index in [-0.39, 0.29) is 11.6 Å². The van der Waals surface area contributed by atoms with Crippen LogP contribution in [0, 0.1) is 11.6 Å². The molecule has 290 valence electrons. The lowest BCUT2D eigenvalue weighted by molar-refractivity contribution is 0.485. The van der Waals surface area contributed by atoms with Gasteiger partial charge in [0.15, 0.2) is 0 Å². The van der Waals surface area contributed by atoms with E-state index in [1.165, 1.54) is 77.0 Å². The Hall–Kier alpha value is -2.23. The first kappa shape index (κ1) is 39.6.